The monoisotopic (exact) mass is 288 g/mol. The second kappa shape index (κ2) is 6.48. The number of hydrogen-bond acceptors (Lipinski definition) is 3. The zero-order valence-electron chi connectivity index (χ0n) is 12.7. The largest absolute Gasteiger partial charge is 0.494 e. The van der Waals surface area contributed by atoms with Crippen molar-refractivity contribution in [2.75, 3.05) is 24.3 Å². The topological polar surface area (TPSA) is 38.5 Å². The Hall–Kier alpha value is -2.23. The van der Waals surface area contributed by atoms with Crippen LogP contribution in [-0.2, 0) is 6.54 Å². The Morgan fingerprint density at radius 3 is 2.57 bits per heavy atom. The quantitative estimate of drug-likeness (QED) is 0.852. The molecule has 0 aliphatic heterocycles. The Balaban J connectivity index is 2.36. The van der Waals surface area contributed by atoms with E-state index in [1.807, 2.05) is 19.1 Å². The van der Waals surface area contributed by atoms with Crippen molar-refractivity contribution in [2.24, 2.45) is 0 Å². The molecule has 2 aromatic rings. The Labute approximate surface area is 125 Å². The maximum Gasteiger partial charge on any atom is 0.167 e. The van der Waals surface area contributed by atoms with Crippen LogP contribution in [-0.4, -0.2) is 13.7 Å². The van der Waals surface area contributed by atoms with Gasteiger partial charge in [0.1, 0.15) is 0 Å². The van der Waals surface area contributed by atoms with Crippen LogP contribution in [0.4, 0.5) is 15.8 Å². The molecule has 2 rings (SSSR count). The van der Waals surface area contributed by atoms with E-state index in [9.17, 15) is 4.39 Å². The molecular weight excluding hydrogens is 267 g/mol. The second-order valence-electron chi connectivity index (χ2n) is 4.99. The van der Waals surface area contributed by atoms with E-state index >= 15 is 0 Å². The van der Waals surface area contributed by atoms with Crippen molar-refractivity contribution >= 4 is 11.4 Å². The molecule has 0 heterocycles. The molecule has 0 spiro atoms. The fourth-order valence-electron chi connectivity index (χ4n) is 2.35. The Bertz CT molecular complexity index is 628. The van der Waals surface area contributed by atoms with E-state index in [1.165, 1.54) is 24.3 Å². The number of benzene rings is 2. The molecule has 112 valence electrons. The lowest BCUT2D eigenvalue weighted by molar-refractivity contribution is 0.386. The highest BCUT2D eigenvalue weighted by molar-refractivity contribution is 5.70. The van der Waals surface area contributed by atoms with Crippen LogP contribution in [0.3, 0.4) is 0 Å². The number of nitrogens with two attached hydrogens (primary N) is 1. The van der Waals surface area contributed by atoms with E-state index in [0.717, 1.165) is 18.8 Å². The third-order valence-electron chi connectivity index (χ3n) is 3.65. The first kappa shape index (κ1) is 15.2. The Kier molecular flexibility index (Phi) is 4.68. The number of ether oxygens (including phenoxy) is 1. The Morgan fingerprint density at radius 1 is 1.24 bits per heavy atom. The molecule has 0 radical (unpaired) electrons. The summed E-state index contributed by atoms with van der Waals surface area (Å²) in [5.74, 6) is -0.229. The summed E-state index contributed by atoms with van der Waals surface area (Å²) in [6.07, 6.45) is 0. The molecule has 0 aromatic heterocycles. The van der Waals surface area contributed by atoms with Crippen molar-refractivity contribution in [3.63, 3.8) is 0 Å². The van der Waals surface area contributed by atoms with Crippen molar-refractivity contribution < 1.29 is 9.13 Å². The molecule has 0 saturated carbocycles. The molecule has 0 fully saturated rings. The molecule has 4 heteroatoms. The minimum Gasteiger partial charge on any atom is -0.494 e. The predicted octanol–water partition coefficient (Wildman–Crippen LogP) is 3.75. The van der Waals surface area contributed by atoms with Gasteiger partial charge in [0.2, 0.25) is 0 Å². The van der Waals surface area contributed by atoms with Gasteiger partial charge < -0.3 is 15.4 Å². The molecule has 0 bridgehead atoms. The van der Waals surface area contributed by atoms with Crippen LogP contribution in [0.15, 0.2) is 36.4 Å². The Morgan fingerprint density at radius 2 is 1.95 bits per heavy atom. The van der Waals surface area contributed by atoms with Crippen LogP contribution in [0, 0.1) is 12.7 Å². The van der Waals surface area contributed by atoms with Crippen LogP contribution in [0.1, 0.15) is 18.1 Å². The van der Waals surface area contributed by atoms with Crippen molar-refractivity contribution in [1.29, 1.82) is 0 Å². The first-order valence-corrected chi connectivity index (χ1v) is 6.99. The highest BCUT2D eigenvalue weighted by Gasteiger charge is 2.14. The molecule has 0 amide bonds. The first-order valence-electron chi connectivity index (χ1n) is 6.99. The lowest BCUT2D eigenvalue weighted by Crippen LogP contribution is -2.23. The average Bonchev–Trinajstić information content (AvgIpc) is 2.47. The lowest BCUT2D eigenvalue weighted by atomic mass is 10.1. The number of nitrogen functional groups attached to an aromatic ring is 1. The molecule has 2 N–H and O–H groups in total. The summed E-state index contributed by atoms with van der Waals surface area (Å²) >= 11 is 0. The van der Waals surface area contributed by atoms with E-state index < -0.39 is 5.82 Å². The van der Waals surface area contributed by atoms with Crippen LogP contribution in [0.2, 0.25) is 0 Å². The highest BCUT2D eigenvalue weighted by Crippen LogP contribution is 2.32. The van der Waals surface area contributed by atoms with Gasteiger partial charge >= 0.3 is 0 Å². The first-order chi connectivity index (χ1) is 10.1. The molecule has 0 aliphatic carbocycles. The van der Waals surface area contributed by atoms with Crippen molar-refractivity contribution in [2.45, 2.75) is 20.4 Å². The minimum atomic E-state index is -0.439. The van der Waals surface area contributed by atoms with Crippen LogP contribution in [0.5, 0.6) is 5.75 Å². The van der Waals surface area contributed by atoms with Crippen LogP contribution >= 0.6 is 0 Å². The van der Waals surface area contributed by atoms with Crippen molar-refractivity contribution in [1.82, 2.24) is 0 Å². The summed E-state index contributed by atoms with van der Waals surface area (Å²) in [5, 5.41) is 0. The van der Waals surface area contributed by atoms with Crippen molar-refractivity contribution in [3.05, 3.63) is 53.3 Å². The fraction of sp³-hybridized carbons (Fsp3) is 0.294. The second-order valence-corrected chi connectivity index (χ2v) is 4.99. The van der Waals surface area contributed by atoms with Gasteiger partial charge in [-0.2, -0.15) is 0 Å². The van der Waals surface area contributed by atoms with E-state index in [2.05, 4.69) is 24.0 Å². The molecular formula is C17H21FN2O. The van der Waals surface area contributed by atoms with Gasteiger partial charge in [0.25, 0.3) is 0 Å². The van der Waals surface area contributed by atoms with E-state index in [4.69, 9.17) is 10.5 Å². The highest BCUT2D eigenvalue weighted by atomic mass is 19.1. The zero-order valence-corrected chi connectivity index (χ0v) is 12.7. The van der Waals surface area contributed by atoms with Gasteiger partial charge in [-0.15, -0.1) is 0 Å². The number of hydrogen-bond donors (Lipinski definition) is 1. The maximum atomic E-state index is 13.7. The molecule has 2 aromatic carbocycles. The zero-order chi connectivity index (χ0) is 15.4. The van der Waals surface area contributed by atoms with Gasteiger partial charge in [0.05, 0.1) is 18.5 Å². The van der Waals surface area contributed by atoms with Gasteiger partial charge in [-0.05, 0) is 25.0 Å². The summed E-state index contributed by atoms with van der Waals surface area (Å²) < 4.78 is 18.7. The van der Waals surface area contributed by atoms with Crippen LogP contribution < -0.4 is 15.4 Å². The molecule has 0 atom stereocenters. The summed E-state index contributed by atoms with van der Waals surface area (Å²) in [7, 11) is 1.45. The average molecular weight is 288 g/mol. The van der Waals surface area contributed by atoms with E-state index in [0.29, 0.717) is 5.69 Å². The third-order valence-corrected chi connectivity index (χ3v) is 3.65. The van der Waals surface area contributed by atoms with Gasteiger partial charge in [0, 0.05) is 25.2 Å². The number of methoxy groups -OCH3 is 1. The smallest absolute Gasteiger partial charge is 0.167 e. The fourth-order valence-corrected chi connectivity index (χ4v) is 2.35. The molecule has 0 unspecified atom stereocenters. The van der Waals surface area contributed by atoms with Gasteiger partial charge in [-0.1, -0.05) is 24.3 Å². The molecule has 0 aliphatic rings. The number of nitrogens with zero attached hydrogens (tertiary/aromatic N) is 1. The molecule has 3 nitrogen and oxygen atoms in total. The summed E-state index contributed by atoms with van der Waals surface area (Å²) in [4.78, 5) is 2.11. The number of aryl methyl sites for hydroxylation is 1. The van der Waals surface area contributed by atoms with Gasteiger partial charge in [0.15, 0.2) is 11.6 Å². The SMILES string of the molecule is CCN(Cc1ccccc1C)c1cc(OC)c(F)cc1N. The number of anilines is 2. The van der Waals surface area contributed by atoms with E-state index in [-0.39, 0.29) is 5.75 Å². The molecule has 21 heavy (non-hydrogen) atoms. The summed E-state index contributed by atoms with van der Waals surface area (Å²) in [6, 6.07) is 11.2. The van der Waals surface area contributed by atoms with Crippen LogP contribution in [0.25, 0.3) is 0 Å². The summed E-state index contributed by atoms with van der Waals surface area (Å²) in [5.41, 5.74) is 9.64. The number of rotatable bonds is 5. The number of halogens is 1. The third kappa shape index (κ3) is 3.27. The van der Waals surface area contributed by atoms with E-state index in [1.54, 1.807) is 6.07 Å². The summed E-state index contributed by atoms with van der Waals surface area (Å²) in [6.45, 7) is 5.63. The maximum absolute atomic E-state index is 13.7. The minimum absolute atomic E-state index is 0.211. The standard InChI is InChI=1S/C17H21FN2O/c1-4-20(11-13-8-6-5-7-12(13)2)16-10-17(21-3)14(18)9-15(16)19/h5-10H,4,11,19H2,1-3H3. The predicted molar refractivity (Wildman–Crippen MR) is 85.3 cm³/mol. The molecule has 0 saturated heterocycles. The normalized spacial score (nSPS) is 10.5. The van der Waals surface area contributed by atoms with Gasteiger partial charge in [-0.3, -0.25) is 0 Å². The lowest BCUT2D eigenvalue weighted by Gasteiger charge is -2.26. The van der Waals surface area contributed by atoms with Crippen molar-refractivity contribution in [3.8, 4) is 5.75 Å². The van der Waals surface area contributed by atoms with Gasteiger partial charge in [-0.25, -0.2) is 4.39 Å².